The highest BCUT2D eigenvalue weighted by Gasteiger charge is 2.18. The maximum absolute atomic E-state index is 14.5. The van der Waals surface area contributed by atoms with Crippen LogP contribution in [0.4, 0.5) is 17.6 Å². The molecule has 0 atom stereocenters. The molecule has 3 rings (SSSR count). The first-order chi connectivity index (χ1) is 12.4. The first-order valence-corrected chi connectivity index (χ1v) is 8.17. The summed E-state index contributed by atoms with van der Waals surface area (Å²) >= 11 is 0. The third kappa shape index (κ3) is 3.43. The van der Waals surface area contributed by atoms with Crippen molar-refractivity contribution in [1.29, 1.82) is 0 Å². The van der Waals surface area contributed by atoms with E-state index in [1.165, 1.54) is 0 Å². The van der Waals surface area contributed by atoms with Gasteiger partial charge in [-0.05, 0) is 52.9 Å². The number of phenols is 1. The molecule has 0 saturated carbocycles. The van der Waals surface area contributed by atoms with Crippen LogP contribution in [-0.2, 0) is 6.42 Å². The molecule has 1 N–H and O–H groups in total. The third-order valence-electron chi connectivity index (χ3n) is 4.17. The Hall–Kier alpha value is -2.82. The second-order valence-corrected chi connectivity index (χ2v) is 6.05. The van der Waals surface area contributed by atoms with Crippen molar-refractivity contribution in [2.24, 2.45) is 0 Å². The van der Waals surface area contributed by atoms with E-state index in [0.717, 1.165) is 30.5 Å². The molecular formula is C21H16F4O. The summed E-state index contributed by atoms with van der Waals surface area (Å²) in [6.07, 6.45) is 1.91. The molecule has 0 bridgehead atoms. The zero-order valence-corrected chi connectivity index (χ0v) is 14.0. The Labute approximate surface area is 148 Å². The van der Waals surface area contributed by atoms with E-state index in [4.69, 9.17) is 5.11 Å². The molecule has 0 spiro atoms. The summed E-state index contributed by atoms with van der Waals surface area (Å²) in [4.78, 5) is 0. The second kappa shape index (κ2) is 7.20. The van der Waals surface area contributed by atoms with Crippen LogP contribution in [0.5, 0.6) is 5.75 Å². The summed E-state index contributed by atoms with van der Waals surface area (Å²) in [5.41, 5.74) is 1.22. The number of aryl methyl sites for hydroxylation is 1. The predicted molar refractivity (Wildman–Crippen MR) is 92.8 cm³/mol. The fraction of sp³-hybridized carbons (Fsp3) is 0.143. The zero-order valence-electron chi connectivity index (χ0n) is 14.0. The Morgan fingerprint density at radius 3 is 1.69 bits per heavy atom. The standard InChI is InChI=1S/C21H16F4O/c1-2-3-12-4-6-13(7-5-12)14-8-16(22)20(17(23)9-14)15-10-18(24)21(26)19(25)11-15/h4-11,26H,2-3H2,1H3. The normalized spacial score (nSPS) is 11.0. The van der Waals surface area contributed by atoms with Gasteiger partial charge in [0, 0.05) is 0 Å². The molecule has 3 aromatic carbocycles. The zero-order chi connectivity index (χ0) is 18.8. The maximum Gasteiger partial charge on any atom is 0.187 e. The lowest BCUT2D eigenvalue weighted by molar-refractivity contribution is 0.396. The minimum atomic E-state index is -1.28. The molecule has 0 fully saturated rings. The van der Waals surface area contributed by atoms with Gasteiger partial charge in [-0.25, -0.2) is 17.6 Å². The molecule has 0 aliphatic heterocycles. The molecule has 5 heteroatoms. The molecule has 0 amide bonds. The number of aromatic hydroxyl groups is 1. The second-order valence-electron chi connectivity index (χ2n) is 6.05. The van der Waals surface area contributed by atoms with Gasteiger partial charge in [-0.3, -0.25) is 0 Å². The van der Waals surface area contributed by atoms with Crippen LogP contribution in [0, 0.1) is 23.3 Å². The number of phenolic OH excluding ortho intramolecular Hbond substituents is 1. The Kier molecular flexibility index (Phi) is 4.98. The van der Waals surface area contributed by atoms with E-state index in [9.17, 15) is 17.6 Å². The molecule has 134 valence electrons. The molecule has 0 aliphatic rings. The van der Waals surface area contributed by atoms with E-state index in [1.807, 2.05) is 12.1 Å². The van der Waals surface area contributed by atoms with Gasteiger partial charge in [0.1, 0.15) is 11.6 Å². The monoisotopic (exact) mass is 360 g/mol. The van der Waals surface area contributed by atoms with E-state index >= 15 is 0 Å². The van der Waals surface area contributed by atoms with Crippen molar-refractivity contribution in [3.8, 4) is 28.0 Å². The van der Waals surface area contributed by atoms with Crippen LogP contribution < -0.4 is 0 Å². The van der Waals surface area contributed by atoms with Crippen molar-refractivity contribution in [2.45, 2.75) is 19.8 Å². The summed E-state index contributed by atoms with van der Waals surface area (Å²) in [6.45, 7) is 2.06. The fourth-order valence-corrected chi connectivity index (χ4v) is 2.88. The molecule has 0 aromatic heterocycles. The first-order valence-electron chi connectivity index (χ1n) is 8.17. The highest BCUT2D eigenvalue weighted by Crippen LogP contribution is 2.34. The van der Waals surface area contributed by atoms with Gasteiger partial charge < -0.3 is 5.11 Å². The number of benzene rings is 3. The lowest BCUT2D eigenvalue weighted by atomic mass is 9.97. The molecule has 0 aliphatic carbocycles. The fourth-order valence-electron chi connectivity index (χ4n) is 2.88. The summed E-state index contributed by atoms with van der Waals surface area (Å²) in [5.74, 6) is -5.63. The number of hydrogen-bond acceptors (Lipinski definition) is 1. The van der Waals surface area contributed by atoms with Gasteiger partial charge in [-0.15, -0.1) is 0 Å². The Morgan fingerprint density at radius 1 is 0.692 bits per heavy atom. The van der Waals surface area contributed by atoms with Gasteiger partial charge in [-0.1, -0.05) is 37.6 Å². The van der Waals surface area contributed by atoms with E-state index < -0.39 is 34.6 Å². The predicted octanol–water partition coefficient (Wildman–Crippen LogP) is 6.24. The van der Waals surface area contributed by atoms with Gasteiger partial charge in [-0.2, -0.15) is 0 Å². The van der Waals surface area contributed by atoms with E-state index in [0.29, 0.717) is 23.3 Å². The summed E-state index contributed by atoms with van der Waals surface area (Å²) in [7, 11) is 0. The molecule has 0 saturated heterocycles. The number of rotatable bonds is 4. The van der Waals surface area contributed by atoms with Crippen LogP contribution in [0.15, 0.2) is 48.5 Å². The average molecular weight is 360 g/mol. The van der Waals surface area contributed by atoms with E-state index in [2.05, 4.69) is 6.92 Å². The SMILES string of the molecule is CCCc1ccc(-c2cc(F)c(-c3cc(F)c(O)c(F)c3)c(F)c2)cc1. The van der Waals surface area contributed by atoms with Crippen LogP contribution in [-0.4, -0.2) is 5.11 Å². The summed E-state index contributed by atoms with van der Waals surface area (Å²) < 4.78 is 56.0. The van der Waals surface area contributed by atoms with Crippen molar-refractivity contribution >= 4 is 0 Å². The van der Waals surface area contributed by atoms with Gasteiger partial charge in [0.2, 0.25) is 0 Å². The molecule has 0 radical (unpaired) electrons. The van der Waals surface area contributed by atoms with E-state index in [1.54, 1.807) is 12.1 Å². The highest BCUT2D eigenvalue weighted by molar-refractivity contribution is 5.72. The molecular weight excluding hydrogens is 344 g/mol. The number of hydrogen-bond donors (Lipinski definition) is 1. The molecule has 0 unspecified atom stereocenters. The third-order valence-corrected chi connectivity index (χ3v) is 4.17. The highest BCUT2D eigenvalue weighted by atomic mass is 19.1. The van der Waals surface area contributed by atoms with Gasteiger partial charge in [0.25, 0.3) is 0 Å². The lowest BCUT2D eigenvalue weighted by Crippen LogP contribution is -1.95. The van der Waals surface area contributed by atoms with Crippen molar-refractivity contribution in [3.63, 3.8) is 0 Å². The first kappa shape index (κ1) is 18.0. The quantitative estimate of drug-likeness (QED) is 0.547. The van der Waals surface area contributed by atoms with Crippen molar-refractivity contribution < 1.29 is 22.7 Å². The van der Waals surface area contributed by atoms with Crippen LogP contribution in [0.3, 0.4) is 0 Å². The van der Waals surface area contributed by atoms with Gasteiger partial charge >= 0.3 is 0 Å². The molecule has 3 aromatic rings. The minimum absolute atomic E-state index is 0.322. The van der Waals surface area contributed by atoms with Crippen LogP contribution in [0.2, 0.25) is 0 Å². The number of halogens is 4. The van der Waals surface area contributed by atoms with Crippen LogP contribution in [0.25, 0.3) is 22.3 Å². The molecule has 1 nitrogen and oxygen atoms in total. The van der Waals surface area contributed by atoms with Crippen molar-refractivity contribution in [1.82, 2.24) is 0 Å². The average Bonchev–Trinajstić information content (AvgIpc) is 2.60. The Bertz CT molecular complexity index is 903. The minimum Gasteiger partial charge on any atom is -0.503 e. The van der Waals surface area contributed by atoms with Crippen LogP contribution >= 0.6 is 0 Å². The maximum atomic E-state index is 14.5. The van der Waals surface area contributed by atoms with Gasteiger partial charge in [0.15, 0.2) is 17.4 Å². The van der Waals surface area contributed by atoms with Crippen LogP contribution in [0.1, 0.15) is 18.9 Å². The Morgan fingerprint density at radius 2 is 1.19 bits per heavy atom. The Balaban J connectivity index is 2.04. The van der Waals surface area contributed by atoms with Gasteiger partial charge in [0.05, 0.1) is 5.56 Å². The topological polar surface area (TPSA) is 20.2 Å². The van der Waals surface area contributed by atoms with E-state index in [-0.39, 0.29) is 5.56 Å². The van der Waals surface area contributed by atoms with Crippen molar-refractivity contribution in [3.05, 3.63) is 77.4 Å². The summed E-state index contributed by atoms with van der Waals surface area (Å²) in [5, 5.41) is 9.13. The smallest absolute Gasteiger partial charge is 0.187 e. The largest absolute Gasteiger partial charge is 0.503 e. The molecule has 26 heavy (non-hydrogen) atoms. The summed E-state index contributed by atoms with van der Waals surface area (Å²) in [6, 6.07) is 11.0. The lowest BCUT2D eigenvalue weighted by Gasteiger charge is -2.10. The van der Waals surface area contributed by atoms with Crippen molar-refractivity contribution in [2.75, 3.05) is 0 Å². The molecule has 0 heterocycles.